The summed E-state index contributed by atoms with van der Waals surface area (Å²) in [5.74, 6) is -0.828. The zero-order chi connectivity index (χ0) is 12.8. The predicted octanol–water partition coefficient (Wildman–Crippen LogP) is 0.768. The zero-order valence-corrected chi connectivity index (χ0v) is 10.1. The summed E-state index contributed by atoms with van der Waals surface area (Å²) in [5, 5.41) is 14.7. The van der Waals surface area contributed by atoms with Gasteiger partial charge in [0.2, 0.25) is 6.10 Å². The summed E-state index contributed by atoms with van der Waals surface area (Å²) in [7, 11) is 0. The monoisotopic (exact) mass is 242 g/mol. The van der Waals surface area contributed by atoms with Gasteiger partial charge in [0.1, 0.15) is 0 Å². The minimum Gasteiger partial charge on any atom is -0.477 e. The van der Waals surface area contributed by atoms with E-state index < -0.39 is 12.1 Å². The number of oxime groups is 1. The number of carbonyl (C=O) groups is 2. The highest BCUT2D eigenvalue weighted by Crippen LogP contribution is 2.11. The maximum atomic E-state index is 11.6. The molecule has 0 aromatic rings. The Morgan fingerprint density at radius 1 is 1.59 bits per heavy atom. The fourth-order valence-corrected chi connectivity index (χ4v) is 1.48. The largest absolute Gasteiger partial charge is 0.477 e. The number of carboxylic acid groups (broad SMARTS) is 1. The minimum atomic E-state index is -1.14. The van der Waals surface area contributed by atoms with E-state index in [1.54, 1.807) is 0 Å². The molecule has 0 radical (unpaired) electrons. The zero-order valence-electron chi connectivity index (χ0n) is 10.1. The quantitative estimate of drug-likeness (QED) is 0.673. The van der Waals surface area contributed by atoms with Gasteiger partial charge in [-0.3, -0.25) is 4.79 Å². The van der Waals surface area contributed by atoms with Crippen molar-refractivity contribution in [1.29, 1.82) is 0 Å². The molecule has 1 amide bonds. The van der Waals surface area contributed by atoms with Gasteiger partial charge >= 0.3 is 5.97 Å². The Morgan fingerprint density at radius 2 is 2.29 bits per heavy atom. The van der Waals surface area contributed by atoms with Gasteiger partial charge in [0.15, 0.2) is 5.71 Å². The van der Waals surface area contributed by atoms with Gasteiger partial charge in [-0.2, -0.15) is 0 Å². The van der Waals surface area contributed by atoms with E-state index in [4.69, 9.17) is 9.94 Å². The van der Waals surface area contributed by atoms with Crippen LogP contribution in [-0.2, 0) is 14.4 Å². The number of hydrogen-bond donors (Lipinski definition) is 2. The van der Waals surface area contributed by atoms with Gasteiger partial charge in [-0.1, -0.05) is 19.0 Å². The molecule has 0 spiro atoms. The lowest BCUT2D eigenvalue weighted by molar-refractivity contribution is -0.131. The van der Waals surface area contributed by atoms with E-state index in [1.165, 1.54) is 0 Å². The van der Waals surface area contributed by atoms with E-state index in [-0.39, 0.29) is 18.0 Å². The van der Waals surface area contributed by atoms with Crippen LogP contribution in [0.1, 0.15) is 33.1 Å². The number of nitrogens with one attached hydrogen (secondary N) is 1. The van der Waals surface area contributed by atoms with E-state index in [0.717, 1.165) is 12.8 Å². The number of rotatable bonds is 6. The van der Waals surface area contributed by atoms with Gasteiger partial charge < -0.3 is 15.3 Å². The van der Waals surface area contributed by atoms with Crippen molar-refractivity contribution in [3.63, 3.8) is 0 Å². The van der Waals surface area contributed by atoms with E-state index >= 15 is 0 Å². The SMILES string of the molecule is CC(C)CCCNC(=O)C1CC(C(=O)O)=NO1. The number of nitrogens with zero attached hydrogens (tertiary/aromatic N) is 1. The van der Waals surface area contributed by atoms with E-state index in [0.29, 0.717) is 12.5 Å². The molecule has 1 heterocycles. The lowest BCUT2D eigenvalue weighted by Gasteiger charge is -2.09. The Balaban J connectivity index is 2.20. The molecule has 0 saturated heterocycles. The van der Waals surface area contributed by atoms with Crippen LogP contribution in [0.4, 0.5) is 0 Å². The third kappa shape index (κ3) is 4.42. The average Bonchev–Trinajstić information content (AvgIpc) is 2.73. The van der Waals surface area contributed by atoms with Gasteiger partial charge in [0.05, 0.1) is 0 Å². The van der Waals surface area contributed by atoms with Gasteiger partial charge in [-0.25, -0.2) is 4.79 Å². The van der Waals surface area contributed by atoms with Crippen LogP contribution in [0.5, 0.6) is 0 Å². The second-order valence-electron chi connectivity index (χ2n) is 4.47. The molecule has 1 atom stereocenters. The normalized spacial score (nSPS) is 18.8. The molecule has 1 unspecified atom stereocenters. The number of aliphatic carboxylic acids is 1. The molecule has 6 heteroatoms. The Kier molecular flexibility index (Phi) is 4.93. The highest BCUT2D eigenvalue weighted by Gasteiger charge is 2.31. The van der Waals surface area contributed by atoms with Crippen molar-refractivity contribution in [1.82, 2.24) is 5.32 Å². The Bertz CT molecular complexity index is 325. The van der Waals surface area contributed by atoms with Crippen molar-refractivity contribution in [3.8, 4) is 0 Å². The van der Waals surface area contributed by atoms with Crippen molar-refractivity contribution in [2.45, 2.75) is 39.2 Å². The first-order valence-corrected chi connectivity index (χ1v) is 5.74. The molecule has 1 rings (SSSR count). The van der Waals surface area contributed by atoms with Crippen molar-refractivity contribution < 1.29 is 19.5 Å². The van der Waals surface area contributed by atoms with E-state index in [1.807, 2.05) is 0 Å². The maximum Gasteiger partial charge on any atom is 0.353 e. The minimum absolute atomic E-state index is 0.0331. The fourth-order valence-electron chi connectivity index (χ4n) is 1.48. The highest BCUT2D eigenvalue weighted by molar-refractivity contribution is 6.36. The molecule has 6 nitrogen and oxygen atoms in total. The second-order valence-corrected chi connectivity index (χ2v) is 4.47. The lowest BCUT2D eigenvalue weighted by atomic mass is 10.1. The maximum absolute atomic E-state index is 11.6. The summed E-state index contributed by atoms with van der Waals surface area (Å²) in [6.45, 7) is 4.82. The van der Waals surface area contributed by atoms with Crippen LogP contribution in [0.2, 0.25) is 0 Å². The third-order valence-corrected chi connectivity index (χ3v) is 2.47. The smallest absolute Gasteiger partial charge is 0.353 e. The van der Waals surface area contributed by atoms with Crippen molar-refractivity contribution in [2.24, 2.45) is 11.1 Å². The summed E-state index contributed by atoms with van der Waals surface area (Å²) in [6, 6.07) is 0. The van der Waals surface area contributed by atoms with Gasteiger partial charge in [-0.15, -0.1) is 0 Å². The van der Waals surface area contributed by atoms with Gasteiger partial charge in [0, 0.05) is 13.0 Å². The van der Waals surface area contributed by atoms with Crippen LogP contribution < -0.4 is 5.32 Å². The number of carbonyl (C=O) groups excluding carboxylic acids is 1. The Labute approximate surface area is 100 Å². The van der Waals surface area contributed by atoms with Crippen LogP contribution in [0.15, 0.2) is 5.16 Å². The molecule has 0 aliphatic carbocycles. The molecule has 0 aromatic heterocycles. The Hall–Kier alpha value is -1.59. The summed E-state index contributed by atoms with van der Waals surface area (Å²) in [6.07, 6.45) is 1.19. The molecule has 0 saturated carbocycles. The first-order valence-electron chi connectivity index (χ1n) is 5.74. The standard InChI is InChI=1S/C11H18N2O4/c1-7(2)4-3-5-12-10(14)9-6-8(11(15)16)13-17-9/h7,9H,3-6H2,1-2H3,(H,12,14)(H,15,16). The third-order valence-electron chi connectivity index (χ3n) is 2.47. The molecule has 2 N–H and O–H groups in total. The molecule has 96 valence electrons. The molecular formula is C11H18N2O4. The summed E-state index contributed by atoms with van der Waals surface area (Å²) < 4.78 is 0. The lowest BCUT2D eigenvalue weighted by Crippen LogP contribution is -2.35. The van der Waals surface area contributed by atoms with Crippen LogP contribution >= 0.6 is 0 Å². The van der Waals surface area contributed by atoms with E-state index in [2.05, 4.69) is 24.3 Å². The second kappa shape index (κ2) is 6.22. The molecule has 1 aliphatic heterocycles. The average molecular weight is 242 g/mol. The molecule has 0 fully saturated rings. The van der Waals surface area contributed by atoms with E-state index in [9.17, 15) is 9.59 Å². The van der Waals surface area contributed by atoms with Crippen molar-refractivity contribution in [2.75, 3.05) is 6.54 Å². The topological polar surface area (TPSA) is 88.0 Å². The summed E-state index contributed by atoms with van der Waals surface area (Å²) >= 11 is 0. The first-order chi connectivity index (χ1) is 8.00. The summed E-state index contributed by atoms with van der Waals surface area (Å²) in [5.41, 5.74) is -0.104. The molecule has 17 heavy (non-hydrogen) atoms. The van der Waals surface area contributed by atoms with Crippen molar-refractivity contribution in [3.05, 3.63) is 0 Å². The van der Waals surface area contributed by atoms with Gasteiger partial charge in [0.25, 0.3) is 5.91 Å². The number of hydrogen-bond acceptors (Lipinski definition) is 4. The molecule has 1 aliphatic rings. The highest BCUT2D eigenvalue weighted by atomic mass is 16.6. The molecular weight excluding hydrogens is 224 g/mol. The van der Waals surface area contributed by atoms with Crippen LogP contribution in [0, 0.1) is 5.92 Å². The number of carboxylic acids is 1. The first kappa shape index (κ1) is 13.5. The van der Waals surface area contributed by atoms with Crippen LogP contribution in [-0.4, -0.2) is 35.3 Å². The number of amides is 1. The fraction of sp³-hybridized carbons (Fsp3) is 0.727. The van der Waals surface area contributed by atoms with Gasteiger partial charge in [-0.05, 0) is 18.8 Å². The molecule has 0 aromatic carbocycles. The van der Waals surface area contributed by atoms with Crippen molar-refractivity contribution >= 4 is 17.6 Å². The van der Waals surface area contributed by atoms with Crippen LogP contribution in [0.3, 0.4) is 0 Å². The Morgan fingerprint density at radius 3 is 2.82 bits per heavy atom. The molecule has 0 bridgehead atoms. The van der Waals surface area contributed by atoms with Crippen LogP contribution in [0.25, 0.3) is 0 Å². The summed E-state index contributed by atoms with van der Waals surface area (Å²) in [4.78, 5) is 26.9. The predicted molar refractivity (Wildman–Crippen MR) is 61.6 cm³/mol.